The molecule has 0 saturated carbocycles. The second kappa shape index (κ2) is 7.61. The minimum atomic E-state index is -3.91. The lowest BCUT2D eigenvalue weighted by molar-refractivity contribution is 0.455. The standard InChI is InChI=1S/C23H19NO5S/c25-18-8-9-21(26)16(14-18)12-15-4-3-5-17(13-15)24-30(28,29)23-11-10-22(27)19-6-1-2-7-20(19)23/h1-11,13-14,24-27H,12H2. The van der Waals surface area contributed by atoms with Crippen LogP contribution in [-0.4, -0.2) is 23.7 Å². The first-order valence-corrected chi connectivity index (χ1v) is 10.7. The zero-order valence-corrected chi connectivity index (χ0v) is 16.6. The van der Waals surface area contributed by atoms with Crippen molar-refractivity contribution in [3.8, 4) is 17.2 Å². The fourth-order valence-corrected chi connectivity index (χ4v) is 4.64. The van der Waals surface area contributed by atoms with Crippen LogP contribution in [0.5, 0.6) is 17.2 Å². The number of hydrogen-bond acceptors (Lipinski definition) is 5. The second-order valence-corrected chi connectivity index (χ2v) is 8.57. The molecule has 0 bridgehead atoms. The highest BCUT2D eigenvalue weighted by molar-refractivity contribution is 7.93. The highest BCUT2D eigenvalue weighted by atomic mass is 32.2. The van der Waals surface area contributed by atoms with Crippen molar-refractivity contribution in [2.45, 2.75) is 11.3 Å². The van der Waals surface area contributed by atoms with Crippen LogP contribution in [0, 0.1) is 0 Å². The summed E-state index contributed by atoms with van der Waals surface area (Å²) in [4.78, 5) is 0.0620. The number of aromatic hydroxyl groups is 3. The van der Waals surface area contributed by atoms with E-state index < -0.39 is 10.0 Å². The fourth-order valence-electron chi connectivity index (χ4n) is 3.38. The number of hydrogen-bond donors (Lipinski definition) is 4. The number of phenols is 3. The molecule has 152 valence electrons. The lowest BCUT2D eigenvalue weighted by Gasteiger charge is -2.13. The highest BCUT2D eigenvalue weighted by Crippen LogP contribution is 2.31. The molecule has 0 atom stereocenters. The van der Waals surface area contributed by atoms with Crippen molar-refractivity contribution in [2.24, 2.45) is 0 Å². The molecule has 0 aliphatic heterocycles. The summed E-state index contributed by atoms with van der Waals surface area (Å²) >= 11 is 0. The molecule has 4 aromatic rings. The van der Waals surface area contributed by atoms with E-state index in [4.69, 9.17) is 0 Å². The van der Waals surface area contributed by atoms with Gasteiger partial charge in [0, 0.05) is 28.4 Å². The van der Waals surface area contributed by atoms with E-state index in [0.29, 0.717) is 28.4 Å². The third kappa shape index (κ3) is 3.88. The summed E-state index contributed by atoms with van der Waals surface area (Å²) in [5, 5.41) is 30.5. The third-order valence-electron chi connectivity index (χ3n) is 4.79. The van der Waals surface area contributed by atoms with Gasteiger partial charge in [-0.15, -0.1) is 0 Å². The van der Waals surface area contributed by atoms with E-state index in [1.54, 1.807) is 48.5 Å². The maximum Gasteiger partial charge on any atom is 0.262 e. The molecule has 4 N–H and O–H groups in total. The number of phenolic OH excluding ortho intramolecular Hbond substituents is 3. The van der Waals surface area contributed by atoms with Gasteiger partial charge in [0.1, 0.15) is 17.2 Å². The summed E-state index contributed by atoms with van der Waals surface area (Å²) in [6, 6.07) is 20.6. The van der Waals surface area contributed by atoms with E-state index in [-0.39, 0.29) is 22.1 Å². The van der Waals surface area contributed by atoms with Crippen molar-refractivity contribution in [3.05, 3.63) is 90.0 Å². The van der Waals surface area contributed by atoms with Crippen LogP contribution >= 0.6 is 0 Å². The lowest BCUT2D eigenvalue weighted by atomic mass is 10.0. The zero-order chi connectivity index (χ0) is 21.3. The first kappa shape index (κ1) is 19.6. The van der Waals surface area contributed by atoms with Crippen molar-refractivity contribution in [1.29, 1.82) is 0 Å². The van der Waals surface area contributed by atoms with E-state index in [9.17, 15) is 23.7 Å². The normalized spacial score (nSPS) is 11.5. The van der Waals surface area contributed by atoms with Crippen LogP contribution in [0.15, 0.2) is 83.8 Å². The van der Waals surface area contributed by atoms with Gasteiger partial charge < -0.3 is 15.3 Å². The predicted octanol–water partition coefficient (Wildman–Crippen LogP) is 4.35. The molecule has 0 radical (unpaired) electrons. The second-order valence-electron chi connectivity index (χ2n) is 6.92. The van der Waals surface area contributed by atoms with Crippen LogP contribution < -0.4 is 4.72 Å². The Morgan fingerprint density at radius 1 is 0.733 bits per heavy atom. The molecule has 0 unspecified atom stereocenters. The Hall–Kier alpha value is -3.71. The molecule has 0 aromatic heterocycles. The molecule has 0 aliphatic rings. The van der Waals surface area contributed by atoms with Gasteiger partial charge in [-0.1, -0.05) is 36.4 Å². The Bertz CT molecular complexity index is 1350. The average Bonchev–Trinajstić information content (AvgIpc) is 2.71. The number of sulfonamides is 1. The van der Waals surface area contributed by atoms with Gasteiger partial charge in [0.25, 0.3) is 10.0 Å². The minimum Gasteiger partial charge on any atom is -0.508 e. The molecular formula is C23H19NO5S. The summed E-state index contributed by atoms with van der Waals surface area (Å²) in [6.07, 6.45) is 0.317. The van der Waals surface area contributed by atoms with Gasteiger partial charge in [0.15, 0.2) is 0 Å². The molecule has 0 fully saturated rings. The molecule has 7 heteroatoms. The molecule has 0 amide bonds. The van der Waals surface area contributed by atoms with Crippen LogP contribution in [-0.2, 0) is 16.4 Å². The Morgan fingerprint density at radius 3 is 2.27 bits per heavy atom. The van der Waals surface area contributed by atoms with E-state index >= 15 is 0 Å². The third-order valence-corrected chi connectivity index (χ3v) is 6.23. The van der Waals surface area contributed by atoms with Gasteiger partial charge >= 0.3 is 0 Å². The molecule has 4 aromatic carbocycles. The molecule has 4 rings (SSSR count). The van der Waals surface area contributed by atoms with Crippen LogP contribution in [0.2, 0.25) is 0 Å². The number of fused-ring (bicyclic) bond motifs is 1. The molecule has 0 spiro atoms. The van der Waals surface area contributed by atoms with Crippen LogP contribution in [0.1, 0.15) is 11.1 Å². The SMILES string of the molecule is O=S(=O)(Nc1cccc(Cc2cc(O)ccc2O)c1)c1ccc(O)c2ccccc12. The number of rotatable bonds is 5. The summed E-state index contributed by atoms with van der Waals surface area (Å²) in [5.74, 6) is 0.102. The van der Waals surface area contributed by atoms with Crippen molar-refractivity contribution in [1.82, 2.24) is 0 Å². The van der Waals surface area contributed by atoms with E-state index in [0.717, 1.165) is 5.56 Å². The first-order chi connectivity index (χ1) is 14.3. The molecule has 30 heavy (non-hydrogen) atoms. The Labute approximate surface area is 173 Å². The molecule has 0 heterocycles. The fraction of sp³-hybridized carbons (Fsp3) is 0.0435. The number of anilines is 1. The van der Waals surface area contributed by atoms with Gasteiger partial charge in [-0.3, -0.25) is 4.72 Å². The Balaban J connectivity index is 1.66. The summed E-state index contributed by atoms with van der Waals surface area (Å²) in [6.45, 7) is 0. The van der Waals surface area contributed by atoms with Crippen molar-refractivity contribution >= 4 is 26.5 Å². The summed E-state index contributed by atoms with van der Waals surface area (Å²) in [5.41, 5.74) is 1.65. The lowest BCUT2D eigenvalue weighted by Crippen LogP contribution is -2.13. The Morgan fingerprint density at radius 2 is 1.47 bits per heavy atom. The quantitative estimate of drug-likeness (QED) is 0.359. The molecule has 0 aliphatic carbocycles. The zero-order valence-electron chi connectivity index (χ0n) is 15.8. The molecule has 0 saturated heterocycles. The van der Waals surface area contributed by atoms with E-state index in [1.165, 1.54) is 30.3 Å². The Kier molecular flexibility index (Phi) is 4.97. The average molecular weight is 421 g/mol. The number of benzene rings is 4. The van der Waals surface area contributed by atoms with Crippen LogP contribution in [0.25, 0.3) is 10.8 Å². The van der Waals surface area contributed by atoms with Crippen molar-refractivity contribution < 1.29 is 23.7 Å². The smallest absolute Gasteiger partial charge is 0.262 e. The maximum absolute atomic E-state index is 13.0. The first-order valence-electron chi connectivity index (χ1n) is 9.17. The number of nitrogens with one attached hydrogen (secondary N) is 1. The highest BCUT2D eigenvalue weighted by Gasteiger charge is 2.19. The van der Waals surface area contributed by atoms with Gasteiger partial charge in [0.2, 0.25) is 0 Å². The van der Waals surface area contributed by atoms with Crippen molar-refractivity contribution in [2.75, 3.05) is 4.72 Å². The van der Waals surface area contributed by atoms with Gasteiger partial charge in [-0.2, -0.15) is 0 Å². The maximum atomic E-state index is 13.0. The van der Waals surface area contributed by atoms with Gasteiger partial charge in [0.05, 0.1) is 4.90 Å². The van der Waals surface area contributed by atoms with Crippen molar-refractivity contribution in [3.63, 3.8) is 0 Å². The summed E-state index contributed by atoms with van der Waals surface area (Å²) in [7, 11) is -3.91. The summed E-state index contributed by atoms with van der Waals surface area (Å²) < 4.78 is 28.6. The minimum absolute atomic E-state index is 0.0115. The monoisotopic (exact) mass is 421 g/mol. The van der Waals surface area contributed by atoms with E-state index in [1.807, 2.05) is 0 Å². The van der Waals surface area contributed by atoms with Crippen LogP contribution in [0.3, 0.4) is 0 Å². The van der Waals surface area contributed by atoms with Gasteiger partial charge in [-0.25, -0.2) is 8.42 Å². The van der Waals surface area contributed by atoms with Crippen LogP contribution in [0.4, 0.5) is 5.69 Å². The van der Waals surface area contributed by atoms with E-state index in [2.05, 4.69) is 4.72 Å². The topological polar surface area (TPSA) is 107 Å². The largest absolute Gasteiger partial charge is 0.508 e. The predicted molar refractivity (Wildman–Crippen MR) is 115 cm³/mol. The van der Waals surface area contributed by atoms with Gasteiger partial charge in [-0.05, 0) is 48.0 Å². The molecule has 6 nitrogen and oxygen atoms in total. The molecular weight excluding hydrogens is 402 g/mol.